The van der Waals surface area contributed by atoms with Gasteiger partial charge in [0, 0.05) is 39.0 Å². The van der Waals surface area contributed by atoms with Crippen molar-refractivity contribution in [2.45, 2.75) is 30.7 Å². The predicted molar refractivity (Wildman–Crippen MR) is 96.3 cm³/mol. The third-order valence-electron chi connectivity index (χ3n) is 4.29. The highest BCUT2D eigenvalue weighted by atomic mass is 32.2. The first-order valence-corrected chi connectivity index (χ1v) is 10.0. The lowest BCUT2D eigenvalue weighted by Gasteiger charge is -2.34. The monoisotopic (exact) mass is 397 g/mol. The van der Waals surface area contributed by atoms with Gasteiger partial charge in [0.15, 0.2) is 0 Å². The molecular formula is C17H23N3O6S. The van der Waals surface area contributed by atoms with Crippen LogP contribution >= 0.6 is 0 Å². The van der Waals surface area contributed by atoms with Crippen molar-refractivity contribution >= 4 is 27.8 Å². The lowest BCUT2D eigenvalue weighted by atomic mass is 10.2. The topological polar surface area (TPSA) is 124 Å². The van der Waals surface area contributed by atoms with E-state index in [9.17, 15) is 22.8 Å². The molecular weight excluding hydrogens is 374 g/mol. The summed E-state index contributed by atoms with van der Waals surface area (Å²) in [5.74, 6) is -1.92. The fourth-order valence-corrected chi connectivity index (χ4v) is 4.12. The molecule has 1 aromatic rings. The zero-order valence-corrected chi connectivity index (χ0v) is 15.8. The molecule has 1 atom stereocenters. The summed E-state index contributed by atoms with van der Waals surface area (Å²) < 4.78 is 26.5. The Morgan fingerprint density at radius 3 is 2.22 bits per heavy atom. The second-order valence-electron chi connectivity index (χ2n) is 6.23. The highest BCUT2D eigenvalue weighted by molar-refractivity contribution is 7.89. The van der Waals surface area contributed by atoms with E-state index in [0.29, 0.717) is 0 Å². The van der Waals surface area contributed by atoms with Gasteiger partial charge in [0.2, 0.25) is 21.8 Å². The number of piperazine rings is 1. The maximum atomic E-state index is 12.6. The second kappa shape index (κ2) is 8.96. The number of rotatable bonds is 7. The summed E-state index contributed by atoms with van der Waals surface area (Å²) in [5.41, 5.74) is 0. The van der Waals surface area contributed by atoms with E-state index in [1.54, 1.807) is 18.2 Å². The lowest BCUT2D eigenvalue weighted by molar-refractivity contribution is -0.141. The quantitative estimate of drug-likeness (QED) is 0.662. The van der Waals surface area contributed by atoms with E-state index >= 15 is 0 Å². The molecule has 10 heteroatoms. The number of aliphatic carboxylic acids is 1. The van der Waals surface area contributed by atoms with Gasteiger partial charge in [0.05, 0.1) is 4.90 Å². The van der Waals surface area contributed by atoms with Gasteiger partial charge in [0.25, 0.3) is 0 Å². The summed E-state index contributed by atoms with van der Waals surface area (Å²) in [4.78, 5) is 36.3. The molecule has 1 heterocycles. The summed E-state index contributed by atoms with van der Waals surface area (Å²) in [6.07, 6.45) is -0.164. The van der Waals surface area contributed by atoms with Crippen molar-refractivity contribution in [2.24, 2.45) is 0 Å². The molecule has 0 bridgehead atoms. The van der Waals surface area contributed by atoms with Crippen LogP contribution in [0.5, 0.6) is 0 Å². The molecule has 0 saturated carbocycles. The third kappa shape index (κ3) is 5.51. The van der Waals surface area contributed by atoms with Gasteiger partial charge >= 0.3 is 5.97 Å². The van der Waals surface area contributed by atoms with E-state index in [-0.39, 0.29) is 49.8 Å². The van der Waals surface area contributed by atoms with Crippen molar-refractivity contribution in [1.29, 1.82) is 0 Å². The van der Waals surface area contributed by atoms with Crippen LogP contribution in [-0.2, 0) is 24.4 Å². The van der Waals surface area contributed by atoms with E-state index in [0.717, 1.165) is 0 Å². The van der Waals surface area contributed by atoms with Crippen LogP contribution in [0.2, 0.25) is 0 Å². The van der Waals surface area contributed by atoms with Crippen LogP contribution < -0.4 is 5.32 Å². The van der Waals surface area contributed by atoms with Crippen molar-refractivity contribution in [3.05, 3.63) is 30.3 Å². The molecule has 1 aliphatic rings. The smallest absolute Gasteiger partial charge is 0.325 e. The minimum Gasteiger partial charge on any atom is -0.480 e. The number of hydrogen-bond acceptors (Lipinski definition) is 5. The van der Waals surface area contributed by atoms with Crippen molar-refractivity contribution in [3.63, 3.8) is 0 Å². The van der Waals surface area contributed by atoms with Crippen LogP contribution in [0.4, 0.5) is 0 Å². The molecule has 1 fully saturated rings. The molecule has 0 aromatic heterocycles. The maximum absolute atomic E-state index is 12.6. The lowest BCUT2D eigenvalue weighted by Crippen LogP contribution is -2.50. The highest BCUT2D eigenvalue weighted by Crippen LogP contribution is 2.17. The fraction of sp³-hybridized carbons (Fsp3) is 0.471. The Kier molecular flexibility index (Phi) is 6.92. The molecule has 148 valence electrons. The number of hydrogen-bond donors (Lipinski definition) is 2. The molecule has 2 amide bonds. The second-order valence-corrected chi connectivity index (χ2v) is 8.16. The summed E-state index contributed by atoms with van der Waals surface area (Å²) in [6, 6.07) is 7.10. The molecule has 0 radical (unpaired) electrons. The van der Waals surface area contributed by atoms with E-state index in [1.807, 2.05) is 0 Å². The van der Waals surface area contributed by atoms with Gasteiger partial charge in [-0.1, -0.05) is 18.2 Å². The molecule has 27 heavy (non-hydrogen) atoms. The molecule has 1 aromatic carbocycles. The van der Waals surface area contributed by atoms with Gasteiger partial charge in [0.1, 0.15) is 6.04 Å². The van der Waals surface area contributed by atoms with Gasteiger partial charge in [-0.2, -0.15) is 4.31 Å². The number of nitrogens with zero attached hydrogens (tertiary/aromatic N) is 2. The summed E-state index contributed by atoms with van der Waals surface area (Å²) >= 11 is 0. The minimum atomic E-state index is -3.58. The van der Waals surface area contributed by atoms with Crippen molar-refractivity contribution in [3.8, 4) is 0 Å². The number of benzene rings is 1. The molecule has 0 aliphatic carbocycles. The Bertz CT molecular complexity index is 788. The Morgan fingerprint density at radius 1 is 1.07 bits per heavy atom. The van der Waals surface area contributed by atoms with Crippen LogP contribution in [0.1, 0.15) is 19.8 Å². The highest BCUT2D eigenvalue weighted by Gasteiger charge is 2.30. The van der Waals surface area contributed by atoms with Crippen molar-refractivity contribution in [2.75, 3.05) is 26.2 Å². The normalized spacial score (nSPS) is 16.6. The molecule has 0 spiro atoms. The Hall–Kier alpha value is -2.46. The van der Waals surface area contributed by atoms with Gasteiger partial charge in [-0.25, -0.2) is 8.42 Å². The van der Waals surface area contributed by atoms with E-state index < -0.39 is 27.9 Å². The predicted octanol–water partition coefficient (Wildman–Crippen LogP) is -0.111. The zero-order valence-electron chi connectivity index (χ0n) is 15.0. The van der Waals surface area contributed by atoms with Gasteiger partial charge < -0.3 is 15.3 Å². The van der Waals surface area contributed by atoms with Crippen LogP contribution in [-0.4, -0.2) is 72.7 Å². The van der Waals surface area contributed by atoms with Crippen LogP contribution in [0, 0.1) is 0 Å². The Balaban J connectivity index is 1.82. The number of carboxylic acids is 1. The molecule has 2 N–H and O–H groups in total. The van der Waals surface area contributed by atoms with E-state index in [4.69, 9.17) is 5.11 Å². The zero-order chi connectivity index (χ0) is 20.0. The first-order chi connectivity index (χ1) is 12.7. The Labute approximate surface area is 158 Å². The molecule has 9 nitrogen and oxygen atoms in total. The number of carbonyl (C=O) groups is 3. The number of carbonyl (C=O) groups excluding carboxylic acids is 2. The van der Waals surface area contributed by atoms with Gasteiger partial charge in [-0.05, 0) is 19.1 Å². The number of carboxylic acid groups (broad SMARTS) is 1. The third-order valence-corrected chi connectivity index (χ3v) is 6.20. The first kappa shape index (κ1) is 20.8. The number of nitrogens with one attached hydrogen (secondary N) is 1. The Morgan fingerprint density at radius 2 is 1.67 bits per heavy atom. The average molecular weight is 397 g/mol. The fourth-order valence-electron chi connectivity index (χ4n) is 2.67. The summed E-state index contributed by atoms with van der Waals surface area (Å²) in [5, 5.41) is 11.0. The molecule has 1 saturated heterocycles. The molecule has 1 unspecified atom stereocenters. The van der Waals surface area contributed by atoms with Crippen molar-refractivity contribution in [1.82, 2.24) is 14.5 Å². The van der Waals surface area contributed by atoms with Crippen LogP contribution in [0.25, 0.3) is 0 Å². The largest absolute Gasteiger partial charge is 0.480 e. The van der Waals surface area contributed by atoms with Crippen LogP contribution in [0.3, 0.4) is 0 Å². The summed E-state index contributed by atoms with van der Waals surface area (Å²) in [6.45, 7) is 2.21. The maximum Gasteiger partial charge on any atom is 0.325 e. The van der Waals surface area contributed by atoms with E-state index in [1.165, 1.54) is 28.3 Å². The minimum absolute atomic E-state index is 0.0520. The van der Waals surface area contributed by atoms with Crippen molar-refractivity contribution < 1.29 is 27.9 Å². The van der Waals surface area contributed by atoms with Gasteiger partial charge in [-0.15, -0.1) is 0 Å². The molecule has 2 rings (SSSR count). The SMILES string of the molecule is CC(NC(=O)CCC(=O)N1CCN(S(=O)(=O)c2ccccc2)CC1)C(=O)O. The summed E-state index contributed by atoms with van der Waals surface area (Å²) in [7, 11) is -3.58. The van der Waals surface area contributed by atoms with Crippen LogP contribution in [0.15, 0.2) is 35.2 Å². The first-order valence-electron chi connectivity index (χ1n) is 8.57. The average Bonchev–Trinajstić information content (AvgIpc) is 2.66. The number of amides is 2. The standard InChI is InChI=1S/C17H23N3O6S/c1-13(17(23)24)18-15(21)7-8-16(22)19-9-11-20(12-10-19)27(25,26)14-5-3-2-4-6-14/h2-6,13H,7-12H2,1H3,(H,18,21)(H,23,24). The van der Waals surface area contributed by atoms with Gasteiger partial charge in [-0.3, -0.25) is 14.4 Å². The van der Waals surface area contributed by atoms with E-state index in [2.05, 4.69) is 5.32 Å². The number of sulfonamides is 1. The molecule has 1 aliphatic heterocycles.